The van der Waals surface area contributed by atoms with Crippen molar-refractivity contribution in [3.63, 3.8) is 0 Å². The number of nitrogens with zero attached hydrogens (tertiary/aromatic N) is 3. The Morgan fingerprint density at radius 1 is 1.09 bits per heavy atom. The monoisotopic (exact) mass is 488 g/mol. The molecule has 0 unspecified atom stereocenters. The molecule has 0 radical (unpaired) electrons. The Morgan fingerprint density at radius 3 is 2.41 bits per heavy atom. The minimum absolute atomic E-state index is 0.182. The largest absolute Gasteiger partial charge is 0.497 e. The molecule has 1 amide bonds. The highest BCUT2D eigenvalue weighted by Crippen LogP contribution is 2.26. The molecule has 182 valence electrons. The van der Waals surface area contributed by atoms with Crippen LogP contribution in [0.15, 0.2) is 41.3 Å². The number of morpholine rings is 1. The van der Waals surface area contributed by atoms with Crippen molar-refractivity contribution >= 4 is 32.7 Å². The van der Waals surface area contributed by atoms with Gasteiger partial charge in [0.1, 0.15) is 17.3 Å². The maximum absolute atomic E-state index is 13.0. The molecule has 3 aromatic rings. The first-order chi connectivity index (χ1) is 16.3. The Labute approximate surface area is 198 Å². The number of amides is 1. The molecule has 0 spiro atoms. The molecule has 0 saturated carbocycles. The summed E-state index contributed by atoms with van der Waals surface area (Å²) in [6.45, 7) is 1.45. The van der Waals surface area contributed by atoms with Crippen LogP contribution in [0.1, 0.15) is 12.2 Å². The molecule has 0 aliphatic carbocycles. The molecule has 11 heteroatoms. The van der Waals surface area contributed by atoms with Gasteiger partial charge < -0.3 is 24.1 Å². The van der Waals surface area contributed by atoms with Crippen molar-refractivity contribution in [2.45, 2.75) is 17.7 Å². The predicted molar refractivity (Wildman–Crippen MR) is 127 cm³/mol. The molecule has 1 saturated heterocycles. The zero-order chi connectivity index (χ0) is 24.3. The van der Waals surface area contributed by atoms with Crippen molar-refractivity contribution in [2.75, 3.05) is 45.8 Å². The van der Waals surface area contributed by atoms with E-state index in [1.165, 1.54) is 4.31 Å². The van der Waals surface area contributed by atoms with Crippen LogP contribution < -0.4 is 14.8 Å². The van der Waals surface area contributed by atoms with Crippen LogP contribution in [-0.2, 0) is 33.0 Å². The lowest BCUT2D eigenvalue weighted by Crippen LogP contribution is -2.40. The average molecular weight is 489 g/mol. The number of sulfonamides is 1. The first-order valence-electron chi connectivity index (χ1n) is 10.9. The third kappa shape index (κ3) is 5.01. The topological polar surface area (TPSA) is 112 Å². The summed E-state index contributed by atoms with van der Waals surface area (Å²) in [5, 5.41) is 2.85. The van der Waals surface area contributed by atoms with Crippen molar-refractivity contribution in [1.29, 1.82) is 0 Å². The first kappa shape index (κ1) is 24.0. The number of benzene rings is 2. The van der Waals surface area contributed by atoms with Crippen molar-refractivity contribution in [1.82, 2.24) is 13.9 Å². The molecule has 4 rings (SSSR count). The van der Waals surface area contributed by atoms with Crippen LogP contribution in [0.4, 0.5) is 5.69 Å². The fourth-order valence-electron chi connectivity index (χ4n) is 3.88. The van der Waals surface area contributed by atoms with Crippen molar-refractivity contribution < 1.29 is 27.4 Å². The van der Waals surface area contributed by atoms with Crippen LogP contribution in [0.25, 0.3) is 11.0 Å². The number of fused-ring (bicyclic) bond motifs is 1. The minimum Gasteiger partial charge on any atom is -0.497 e. The Kier molecular flexibility index (Phi) is 7.05. The lowest BCUT2D eigenvalue weighted by Gasteiger charge is -2.26. The first-order valence-corrected chi connectivity index (χ1v) is 12.3. The number of ether oxygens (including phenoxy) is 3. The molecule has 34 heavy (non-hydrogen) atoms. The molecule has 1 aliphatic rings. The zero-order valence-corrected chi connectivity index (χ0v) is 20.2. The van der Waals surface area contributed by atoms with Gasteiger partial charge in [0.05, 0.1) is 43.4 Å². The number of carbonyl (C=O) groups is 1. The second-order valence-electron chi connectivity index (χ2n) is 7.90. The molecule has 1 aliphatic heterocycles. The van der Waals surface area contributed by atoms with Gasteiger partial charge in [-0.3, -0.25) is 4.79 Å². The number of aromatic nitrogens is 2. The smallest absolute Gasteiger partial charge is 0.243 e. The normalized spacial score (nSPS) is 14.8. The van der Waals surface area contributed by atoms with E-state index in [1.54, 1.807) is 50.6 Å². The summed E-state index contributed by atoms with van der Waals surface area (Å²) in [5.74, 6) is 1.66. The quantitative estimate of drug-likeness (QED) is 0.517. The highest BCUT2D eigenvalue weighted by molar-refractivity contribution is 7.89. The van der Waals surface area contributed by atoms with Crippen molar-refractivity contribution in [2.24, 2.45) is 7.05 Å². The maximum Gasteiger partial charge on any atom is 0.243 e. The van der Waals surface area contributed by atoms with Gasteiger partial charge >= 0.3 is 0 Å². The summed E-state index contributed by atoms with van der Waals surface area (Å²) in [6.07, 6.45) is 0.597. The highest BCUT2D eigenvalue weighted by atomic mass is 32.2. The van der Waals surface area contributed by atoms with Crippen LogP contribution in [-0.4, -0.2) is 68.7 Å². The number of imidazole rings is 1. The van der Waals surface area contributed by atoms with Crippen LogP contribution in [0.5, 0.6) is 11.5 Å². The maximum atomic E-state index is 13.0. The van der Waals surface area contributed by atoms with Crippen molar-refractivity contribution in [3.8, 4) is 11.5 Å². The highest BCUT2D eigenvalue weighted by Gasteiger charge is 2.27. The number of methoxy groups -OCH3 is 2. The zero-order valence-electron chi connectivity index (χ0n) is 19.4. The lowest BCUT2D eigenvalue weighted by molar-refractivity contribution is -0.116. The van der Waals surface area contributed by atoms with Gasteiger partial charge in [0.2, 0.25) is 15.9 Å². The summed E-state index contributed by atoms with van der Waals surface area (Å²) in [5.41, 5.74) is 1.95. The third-order valence-corrected chi connectivity index (χ3v) is 7.66. The van der Waals surface area contributed by atoms with Crippen molar-refractivity contribution in [3.05, 3.63) is 42.2 Å². The lowest BCUT2D eigenvalue weighted by atomic mass is 10.2. The molecule has 2 heterocycles. The van der Waals surface area contributed by atoms with Gasteiger partial charge in [-0.05, 0) is 18.2 Å². The van der Waals surface area contributed by atoms with Gasteiger partial charge in [0.25, 0.3) is 0 Å². The van der Waals surface area contributed by atoms with E-state index < -0.39 is 10.0 Å². The van der Waals surface area contributed by atoms with E-state index in [0.717, 1.165) is 5.52 Å². The molecule has 1 aromatic heterocycles. The Bertz CT molecular complexity index is 1280. The predicted octanol–water partition coefficient (Wildman–Crippen LogP) is 2.18. The molecule has 10 nitrogen and oxygen atoms in total. The van der Waals surface area contributed by atoms with E-state index in [1.807, 2.05) is 11.6 Å². The molecular weight excluding hydrogens is 460 g/mol. The van der Waals surface area contributed by atoms with Crippen LogP contribution in [0.3, 0.4) is 0 Å². The summed E-state index contributed by atoms with van der Waals surface area (Å²) in [7, 11) is 1.33. The number of anilines is 1. The summed E-state index contributed by atoms with van der Waals surface area (Å²) < 4.78 is 45.0. The standard InChI is InChI=1S/C23H28N4O6S/c1-26-21-5-4-19(34(29,30)27-8-10-33-11-9-27)15-20(21)25-22(26)6-7-23(28)24-16-12-17(31-2)14-18(13-16)32-3/h4-5,12-15H,6-11H2,1-3H3,(H,24,28). The molecule has 0 atom stereocenters. The SMILES string of the molecule is COc1cc(NC(=O)CCc2nc3cc(S(=O)(=O)N4CCOCC4)ccc3n2C)cc(OC)c1. The Balaban J connectivity index is 1.47. The van der Waals surface area contributed by atoms with E-state index >= 15 is 0 Å². The number of hydrogen-bond donors (Lipinski definition) is 1. The van der Waals surface area contributed by atoms with Gasteiger partial charge in [-0.1, -0.05) is 0 Å². The third-order valence-electron chi connectivity index (χ3n) is 5.76. The number of nitrogens with one attached hydrogen (secondary N) is 1. The molecular formula is C23H28N4O6S. The van der Waals surface area contributed by atoms with Crippen LogP contribution in [0, 0.1) is 0 Å². The number of rotatable bonds is 8. The summed E-state index contributed by atoms with van der Waals surface area (Å²) in [4.78, 5) is 17.4. The number of hydrogen-bond acceptors (Lipinski definition) is 7. The van der Waals surface area contributed by atoms with Gasteiger partial charge in [-0.2, -0.15) is 4.31 Å². The van der Waals surface area contributed by atoms with Gasteiger partial charge in [-0.25, -0.2) is 13.4 Å². The van der Waals surface area contributed by atoms with E-state index in [0.29, 0.717) is 61.3 Å². The van der Waals surface area contributed by atoms with E-state index in [-0.39, 0.29) is 17.2 Å². The van der Waals surface area contributed by atoms with Crippen LogP contribution >= 0.6 is 0 Å². The average Bonchev–Trinajstić information content (AvgIpc) is 3.17. The Hall–Kier alpha value is -3.15. The fraction of sp³-hybridized carbons (Fsp3) is 0.391. The number of aryl methyl sites for hydroxylation is 2. The summed E-state index contributed by atoms with van der Waals surface area (Å²) >= 11 is 0. The van der Waals surface area contributed by atoms with Gasteiger partial charge in [-0.15, -0.1) is 0 Å². The van der Waals surface area contributed by atoms with E-state index in [9.17, 15) is 13.2 Å². The second kappa shape index (κ2) is 10.00. The molecule has 1 fully saturated rings. The van der Waals surface area contributed by atoms with Gasteiger partial charge in [0, 0.05) is 56.9 Å². The second-order valence-corrected chi connectivity index (χ2v) is 9.84. The van der Waals surface area contributed by atoms with Crippen LogP contribution in [0.2, 0.25) is 0 Å². The minimum atomic E-state index is -3.61. The molecule has 2 aromatic carbocycles. The number of carbonyl (C=O) groups excluding carboxylic acids is 1. The molecule has 0 bridgehead atoms. The van der Waals surface area contributed by atoms with E-state index in [2.05, 4.69) is 10.3 Å². The Morgan fingerprint density at radius 2 is 1.76 bits per heavy atom. The molecule has 1 N–H and O–H groups in total. The fourth-order valence-corrected chi connectivity index (χ4v) is 5.31. The summed E-state index contributed by atoms with van der Waals surface area (Å²) in [6, 6.07) is 10.1. The van der Waals surface area contributed by atoms with E-state index in [4.69, 9.17) is 14.2 Å². The van der Waals surface area contributed by atoms with Gasteiger partial charge in [0.15, 0.2) is 0 Å².